The van der Waals surface area contributed by atoms with E-state index in [1.807, 2.05) is 0 Å². The van der Waals surface area contributed by atoms with Crippen molar-refractivity contribution in [3.63, 3.8) is 0 Å². The first kappa shape index (κ1) is 19.4. The molecule has 2 atom stereocenters. The summed E-state index contributed by atoms with van der Waals surface area (Å²) >= 11 is 0. The van der Waals surface area contributed by atoms with Gasteiger partial charge in [0.1, 0.15) is 6.04 Å². The van der Waals surface area contributed by atoms with E-state index in [-0.39, 0.29) is 29.5 Å². The SMILES string of the molecule is CCNS(=O)(=O)c1ccc(C(=O)NC(C(=O)O)C2CCCOC2)cc1. The second-order valence-electron chi connectivity index (χ2n) is 5.79. The van der Waals surface area contributed by atoms with Crippen molar-refractivity contribution >= 4 is 21.9 Å². The van der Waals surface area contributed by atoms with Crippen LogP contribution < -0.4 is 10.0 Å². The van der Waals surface area contributed by atoms with Crippen LogP contribution in [0.15, 0.2) is 29.2 Å². The third kappa shape index (κ3) is 5.00. The maximum absolute atomic E-state index is 12.3. The second-order valence-corrected chi connectivity index (χ2v) is 7.56. The lowest BCUT2D eigenvalue weighted by molar-refractivity contribution is -0.142. The van der Waals surface area contributed by atoms with Crippen molar-refractivity contribution < 1.29 is 27.9 Å². The van der Waals surface area contributed by atoms with Crippen LogP contribution in [-0.4, -0.2) is 51.2 Å². The van der Waals surface area contributed by atoms with Crippen molar-refractivity contribution in [1.82, 2.24) is 10.0 Å². The Morgan fingerprint density at radius 3 is 2.52 bits per heavy atom. The first-order chi connectivity index (χ1) is 11.8. The molecule has 0 bridgehead atoms. The predicted octanol–water partition coefficient (Wildman–Crippen LogP) is 0.594. The summed E-state index contributed by atoms with van der Waals surface area (Å²) in [4.78, 5) is 23.8. The van der Waals surface area contributed by atoms with E-state index in [9.17, 15) is 23.1 Å². The fourth-order valence-corrected chi connectivity index (χ4v) is 3.73. The normalized spacial score (nSPS) is 19.2. The molecule has 0 radical (unpaired) electrons. The Kier molecular flexibility index (Phi) is 6.51. The minimum Gasteiger partial charge on any atom is -0.480 e. The second kappa shape index (κ2) is 8.41. The van der Waals surface area contributed by atoms with Crippen LogP contribution in [0.25, 0.3) is 0 Å². The number of hydrogen-bond donors (Lipinski definition) is 3. The van der Waals surface area contributed by atoms with Gasteiger partial charge in [0.15, 0.2) is 0 Å². The Morgan fingerprint density at radius 2 is 2.00 bits per heavy atom. The van der Waals surface area contributed by atoms with Crippen molar-refractivity contribution in [1.29, 1.82) is 0 Å². The molecule has 1 saturated heterocycles. The minimum atomic E-state index is -3.60. The van der Waals surface area contributed by atoms with Gasteiger partial charge >= 0.3 is 5.97 Å². The van der Waals surface area contributed by atoms with E-state index in [0.29, 0.717) is 13.0 Å². The fourth-order valence-electron chi connectivity index (χ4n) is 2.69. The Balaban J connectivity index is 2.10. The lowest BCUT2D eigenvalue weighted by atomic mass is 9.93. The number of carbonyl (C=O) groups excluding carboxylic acids is 1. The van der Waals surface area contributed by atoms with Crippen molar-refractivity contribution in [2.24, 2.45) is 5.92 Å². The van der Waals surface area contributed by atoms with Crippen molar-refractivity contribution in [2.75, 3.05) is 19.8 Å². The van der Waals surface area contributed by atoms with E-state index in [1.54, 1.807) is 6.92 Å². The van der Waals surface area contributed by atoms with Crippen LogP contribution in [0, 0.1) is 5.92 Å². The zero-order chi connectivity index (χ0) is 18.4. The highest BCUT2D eigenvalue weighted by Crippen LogP contribution is 2.18. The number of sulfonamides is 1. The van der Waals surface area contributed by atoms with Crippen LogP contribution in [0.5, 0.6) is 0 Å². The lowest BCUT2D eigenvalue weighted by Crippen LogP contribution is -2.48. The van der Waals surface area contributed by atoms with Crippen LogP contribution in [0.1, 0.15) is 30.1 Å². The average Bonchev–Trinajstić information content (AvgIpc) is 2.60. The standard InChI is InChI=1S/C16H22N2O6S/c1-2-17-25(22,23)13-7-5-11(6-8-13)15(19)18-14(16(20)21)12-4-3-9-24-10-12/h5-8,12,14,17H,2-4,9-10H2,1H3,(H,18,19)(H,20,21). The number of carboxylic acid groups (broad SMARTS) is 1. The molecule has 3 N–H and O–H groups in total. The number of aliphatic carboxylic acids is 1. The average molecular weight is 370 g/mol. The topological polar surface area (TPSA) is 122 Å². The molecule has 138 valence electrons. The molecule has 1 aliphatic heterocycles. The highest BCUT2D eigenvalue weighted by Gasteiger charge is 2.31. The number of rotatable bonds is 7. The van der Waals surface area contributed by atoms with Crippen LogP contribution in [0.3, 0.4) is 0 Å². The van der Waals surface area contributed by atoms with Gasteiger partial charge in [-0.25, -0.2) is 17.9 Å². The number of carboxylic acids is 1. The van der Waals surface area contributed by atoms with Gasteiger partial charge in [-0.3, -0.25) is 4.79 Å². The van der Waals surface area contributed by atoms with E-state index < -0.39 is 27.9 Å². The highest BCUT2D eigenvalue weighted by molar-refractivity contribution is 7.89. The molecule has 1 aromatic carbocycles. The molecule has 9 heteroatoms. The van der Waals surface area contributed by atoms with E-state index >= 15 is 0 Å². The zero-order valence-electron chi connectivity index (χ0n) is 13.9. The molecule has 1 aromatic rings. The van der Waals surface area contributed by atoms with Gasteiger partial charge in [-0.2, -0.15) is 0 Å². The Morgan fingerprint density at radius 1 is 1.32 bits per heavy atom. The molecular weight excluding hydrogens is 348 g/mol. The molecule has 2 unspecified atom stereocenters. The van der Waals surface area contributed by atoms with E-state index in [1.165, 1.54) is 24.3 Å². The fraction of sp³-hybridized carbons (Fsp3) is 0.500. The number of hydrogen-bond acceptors (Lipinski definition) is 5. The zero-order valence-corrected chi connectivity index (χ0v) is 14.7. The maximum Gasteiger partial charge on any atom is 0.326 e. The van der Waals surface area contributed by atoms with Crippen LogP contribution in [0.2, 0.25) is 0 Å². The summed E-state index contributed by atoms with van der Waals surface area (Å²) in [7, 11) is -3.60. The summed E-state index contributed by atoms with van der Waals surface area (Å²) in [6.45, 7) is 2.81. The van der Waals surface area contributed by atoms with Crippen molar-refractivity contribution in [3.05, 3.63) is 29.8 Å². The van der Waals surface area contributed by atoms with Crippen molar-refractivity contribution in [3.8, 4) is 0 Å². The van der Waals surface area contributed by atoms with Gasteiger partial charge in [0.25, 0.3) is 5.91 Å². The van der Waals surface area contributed by atoms with Gasteiger partial charge in [0.05, 0.1) is 11.5 Å². The molecular formula is C16H22N2O6S. The lowest BCUT2D eigenvalue weighted by Gasteiger charge is -2.28. The quantitative estimate of drug-likeness (QED) is 0.646. The minimum absolute atomic E-state index is 0.0429. The first-order valence-corrected chi connectivity index (χ1v) is 9.54. The van der Waals surface area contributed by atoms with Gasteiger partial charge in [-0.15, -0.1) is 0 Å². The number of carbonyl (C=O) groups is 2. The summed E-state index contributed by atoms with van der Waals surface area (Å²) < 4.78 is 31.4. The van der Waals surface area contributed by atoms with Gasteiger partial charge in [-0.1, -0.05) is 6.92 Å². The molecule has 0 aromatic heterocycles. The molecule has 0 saturated carbocycles. The molecule has 0 spiro atoms. The number of ether oxygens (including phenoxy) is 1. The Bertz CT molecular complexity index is 711. The van der Waals surface area contributed by atoms with E-state index in [2.05, 4.69) is 10.0 Å². The number of nitrogens with one attached hydrogen (secondary N) is 2. The summed E-state index contributed by atoms with van der Waals surface area (Å²) in [5, 5.41) is 11.9. The Hall–Kier alpha value is -1.97. The molecule has 1 fully saturated rings. The van der Waals surface area contributed by atoms with Crippen LogP contribution >= 0.6 is 0 Å². The van der Waals surface area contributed by atoms with Gasteiger partial charge in [0, 0.05) is 24.6 Å². The molecule has 2 rings (SSSR count). The van der Waals surface area contributed by atoms with Gasteiger partial charge < -0.3 is 15.2 Å². The highest BCUT2D eigenvalue weighted by atomic mass is 32.2. The largest absolute Gasteiger partial charge is 0.480 e. The van der Waals surface area contributed by atoms with E-state index in [0.717, 1.165) is 6.42 Å². The Labute approximate surface area is 146 Å². The summed E-state index contributed by atoms with van der Waals surface area (Å²) in [5.74, 6) is -1.97. The van der Waals surface area contributed by atoms with Crippen LogP contribution in [-0.2, 0) is 19.6 Å². The summed E-state index contributed by atoms with van der Waals surface area (Å²) in [6, 6.07) is 4.29. The predicted molar refractivity (Wildman–Crippen MR) is 89.7 cm³/mol. The molecule has 25 heavy (non-hydrogen) atoms. The smallest absolute Gasteiger partial charge is 0.326 e. The number of benzene rings is 1. The van der Waals surface area contributed by atoms with Crippen LogP contribution in [0.4, 0.5) is 0 Å². The van der Waals surface area contributed by atoms with Gasteiger partial charge in [-0.05, 0) is 37.1 Å². The maximum atomic E-state index is 12.3. The summed E-state index contributed by atoms with van der Waals surface area (Å²) in [6.07, 6.45) is 1.42. The third-order valence-corrected chi connectivity index (χ3v) is 5.54. The third-order valence-electron chi connectivity index (χ3n) is 3.98. The van der Waals surface area contributed by atoms with E-state index in [4.69, 9.17) is 4.74 Å². The molecule has 0 aliphatic carbocycles. The molecule has 1 heterocycles. The van der Waals surface area contributed by atoms with Crippen molar-refractivity contribution in [2.45, 2.75) is 30.7 Å². The number of amides is 1. The molecule has 1 aliphatic rings. The molecule has 8 nitrogen and oxygen atoms in total. The summed E-state index contributed by atoms with van der Waals surface area (Å²) in [5.41, 5.74) is 0.193. The van der Waals surface area contributed by atoms with Gasteiger partial charge in [0.2, 0.25) is 10.0 Å². The first-order valence-electron chi connectivity index (χ1n) is 8.06. The monoisotopic (exact) mass is 370 g/mol. The molecule has 1 amide bonds.